The van der Waals surface area contributed by atoms with Crippen LogP contribution in [0.5, 0.6) is 5.75 Å². The lowest BCUT2D eigenvalue weighted by atomic mass is 9.90. The standard InChI is InChI=1S/C32H33FN4O5/c1-18-22(20-13-27(33)25(29(14-20)41-4)15-34-21-11-12-42-17-21)7-5-8-23(18)24-9-6-10-28(19(24)2)36-30(38)26-16-35-32(40)37(3)31(26)39/h5-10,13-14,16,21,34H,11-12,15,17H2,1-4H3,(H,35,40)(H,36,38)/t21-/m1/s1. The molecule has 3 aromatic carbocycles. The van der Waals surface area contributed by atoms with Crippen molar-refractivity contribution >= 4 is 11.6 Å². The summed E-state index contributed by atoms with van der Waals surface area (Å²) < 4.78 is 27.3. The molecule has 0 saturated carbocycles. The topological polar surface area (TPSA) is 114 Å². The number of H-pyrrole nitrogens is 1. The highest BCUT2D eigenvalue weighted by atomic mass is 19.1. The highest BCUT2D eigenvalue weighted by molar-refractivity contribution is 6.04. The van der Waals surface area contributed by atoms with Crippen molar-refractivity contribution < 1.29 is 18.7 Å². The third-order valence-electron chi connectivity index (χ3n) is 7.81. The van der Waals surface area contributed by atoms with Gasteiger partial charge in [0, 0.05) is 43.7 Å². The molecule has 9 nitrogen and oxygen atoms in total. The Morgan fingerprint density at radius 2 is 1.81 bits per heavy atom. The number of ether oxygens (including phenoxy) is 2. The molecular formula is C32H33FN4O5. The molecule has 1 atom stereocenters. The van der Waals surface area contributed by atoms with Gasteiger partial charge in [0.25, 0.3) is 11.5 Å². The number of aromatic nitrogens is 2. The third kappa shape index (κ3) is 5.63. The van der Waals surface area contributed by atoms with Crippen molar-refractivity contribution in [1.29, 1.82) is 0 Å². The average molecular weight is 573 g/mol. The molecule has 3 N–H and O–H groups in total. The smallest absolute Gasteiger partial charge is 0.328 e. The molecule has 1 amide bonds. The van der Waals surface area contributed by atoms with Crippen LogP contribution in [-0.4, -0.2) is 41.8 Å². The predicted octanol–water partition coefficient (Wildman–Crippen LogP) is 4.30. The Bertz CT molecular complexity index is 1770. The molecule has 0 spiro atoms. The van der Waals surface area contributed by atoms with Gasteiger partial charge in [0.05, 0.1) is 13.7 Å². The summed E-state index contributed by atoms with van der Waals surface area (Å²) in [7, 11) is 2.84. The molecular weight excluding hydrogens is 539 g/mol. The van der Waals surface area contributed by atoms with Gasteiger partial charge in [0.15, 0.2) is 0 Å². The van der Waals surface area contributed by atoms with Gasteiger partial charge in [0.2, 0.25) is 0 Å². The van der Waals surface area contributed by atoms with Crippen LogP contribution >= 0.6 is 0 Å². The molecule has 0 radical (unpaired) electrons. The lowest BCUT2D eigenvalue weighted by Gasteiger charge is -2.18. The number of nitrogens with one attached hydrogen (secondary N) is 3. The van der Waals surface area contributed by atoms with E-state index in [9.17, 15) is 14.4 Å². The van der Waals surface area contributed by atoms with Gasteiger partial charge in [-0.25, -0.2) is 9.18 Å². The number of benzene rings is 3. The van der Waals surface area contributed by atoms with E-state index in [4.69, 9.17) is 9.47 Å². The van der Waals surface area contributed by atoms with E-state index in [1.54, 1.807) is 6.07 Å². The molecule has 0 unspecified atom stereocenters. The number of hydrogen-bond acceptors (Lipinski definition) is 6. The Morgan fingerprint density at radius 1 is 1.10 bits per heavy atom. The zero-order chi connectivity index (χ0) is 30.0. The second kappa shape index (κ2) is 12.1. The highest BCUT2D eigenvalue weighted by Crippen LogP contribution is 2.37. The number of rotatable bonds is 8. The fourth-order valence-corrected chi connectivity index (χ4v) is 5.28. The number of amides is 1. The fraction of sp³-hybridized carbons (Fsp3) is 0.281. The van der Waals surface area contributed by atoms with Crippen molar-refractivity contribution in [1.82, 2.24) is 14.9 Å². The molecule has 10 heteroatoms. The fourth-order valence-electron chi connectivity index (χ4n) is 5.28. The molecule has 1 aliphatic heterocycles. The van der Waals surface area contributed by atoms with Crippen molar-refractivity contribution in [3.63, 3.8) is 0 Å². The van der Waals surface area contributed by atoms with E-state index in [2.05, 4.69) is 15.6 Å². The van der Waals surface area contributed by atoms with Crippen LogP contribution in [0.15, 0.2) is 64.3 Å². The normalized spacial score (nSPS) is 14.6. The number of anilines is 1. The number of methoxy groups -OCH3 is 1. The molecule has 5 rings (SSSR count). The molecule has 2 heterocycles. The lowest BCUT2D eigenvalue weighted by molar-refractivity contribution is 0.102. The summed E-state index contributed by atoms with van der Waals surface area (Å²) in [6.07, 6.45) is 2.01. The van der Waals surface area contributed by atoms with Crippen LogP contribution in [0.2, 0.25) is 0 Å². The first-order valence-electron chi connectivity index (χ1n) is 13.7. The summed E-state index contributed by atoms with van der Waals surface area (Å²) in [6, 6.07) is 14.9. The maximum Gasteiger partial charge on any atom is 0.328 e. The zero-order valence-electron chi connectivity index (χ0n) is 24.0. The largest absolute Gasteiger partial charge is 0.496 e. The van der Waals surface area contributed by atoms with Gasteiger partial charge in [-0.3, -0.25) is 14.2 Å². The van der Waals surface area contributed by atoms with Gasteiger partial charge in [-0.1, -0.05) is 30.3 Å². The molecule has 1 aliphatic rings. The summed E-state index contributed by atoms with van der Waals surface area (Å²) in [6.45, 7) is 5.51. The second-order valence-corrected chi connectivity index (χ2v) is 10.4. The summed E-state index contributed by atoms with van der Waals surface area (Å²) in [5.41, 5.74) is 4.55. The maximum absolute atomic E-state index is 15.4. The highest BCUT2D eigenvalue weighted by Gasteiger charge is 2.20. The maximum atomic E-state index is 15.4. The molecule has 1 fully saturated rings. The minimum atomic E-state index is -0.689. The van der Waals surface area contributed by atoms with Crippen molar-refractivity contribution in [2.24, 2.45) is 7.05 Å². The number of carbonyl (C=O) groups excluding carboxylic acids is 1. The predicted molar refractivity (Wildman–Crippen MR) is 160 cm³/mol. The molecule has 0 aliphatic carbocycles. The van der Waals surface area contributed by atoms with Gasteiger partial charge in [-0.2, -0.15) is 0 Å². The number of carbonyl (C=O) groups is 1. The van der Waals surface area contributed by atoms with E-state index in [0.717, 1.165) is 45.0 Å². The molecule has 4 aromatic rings. The number of nitrogens with zero attached hydrogens (tertiary/aromatic N) is 1. The van der Waals surface area contributed by atoms with Crippen LogP contribution in [0.3, 0.4) is 0 Å². The summed E-state index contributed by atoms with van der Waals surface area (Å²) >= 11 is 0. The van der Waals surface area contributed by atoms with Crippen molar-refractivity contribution in [2.75, 3.05) is 25.6 Å². The van der Waals surface area contributed by atoms with E-state index in [1.807, 2.05) is 50.2 Å². The number of halogens is 1. The molecule has 1 saturated heterocycles. The number of aromatic amines is 1. The second-order valence-electron chi connectivity index (χ2n) is 10.4. The Labute approximate surface area is 242 Å². The average Bonchev–Trinajstić information content (AvgIpc) is 3.50. The first-order valence-corrected chi connectivity index (χ1v) is 13.7. The molecule has 42 heavy (non-hydrogen) atoms. The van der Waals surface area contributed by atoms with Crippen LogP contribution < -0.4 is 26.6 Å². The summed E-state index contributed by atoms with van der Waals surface area (Å²) in [5.74, 6) is -0.513. The van der Waals surface area contributed by atoms with E-state index in [-0.39, 0.29) is 17.4 Å². The first-order chi connectivity index (χ1) is 20.2. The molecule has 218 valence electrons. The van der Waals surface area contributed by atoms with Gasteiger partial charge < -0.3 is 25.1 Å². The van der Waals surface area contributed by atoms with Gasteiger partial charge in [-0.15, -0.1) is 0 Å². The van der Waals surface area contributed by atoms with E-state index in [0.29, 0.717) is 42.3 Å². The molecule has 1 aromatic heterocycles. The van der Waals surface area contributed by atoms with Crippen molar-refractivity contribution in [3.8, 4) is 28.0 Å². The van der Waals surface area contributed by atoms with E-state index in [1.165, 1.54) is 20.2 Å². The number of hydrogen-bond donors (Lipinski definition) is 3. The Hall–Kier alpha value is -4.54. The van der Waals surface area contributed by atoms with E-state index >= 15 is 4.39 Å². The molecule has 0 bridgehead atoms. The van der Waals surface area contributed by atoms with Crippen molar-refractivity contribution in [2.45, 2.75) is 32.9 Å². The third-order valence-corrected chi connectivity index (χ3v) is 7.81. The van der Waals surface area contributed by atoms with Crippen molar-refractivity contribution in [3.05, 3.63) is 104 Å². The van der Waals surface area contributed by atoms with Crippen LogP contribution in [0, 0.1) is 19.7 Å². The minimum Gasteiger partial charge on any atom is -0.496 e. The zero-order valence-corrected chi connectivity index (χ0v) is 24.0. The van der Waals surface area contributed by atoms with Gasteiger partial charge in [-0.05, 0) is 71.8 Å². The van der Waals surface area contributed by atoms with Gasteiger partial charge in [0.1, 0.15) is 17.1 Å². The summed E-state index contributed by atoms with van der Waals surface area (Å²) in [4.78, 5) is 39.5. The summed E-state index contributed by atoms with van der Waals surface area (Å²) in [5, 5.41) is 6.15. The van der Waals surface area contributed by atoms with Crippen LogP contribution in [-0.2, 0) is 18.3 Å². The Morgan fingerprint density at radius 3 is 2.52 bits per heavy atom. The SMILES string of the molecule is COc1cc(-c2cccc(-c3cccc(NC(=O)c4c[nH]c(=O)n(C)c4=O)c3C)c2C)cc(F)c1CN[C@@H]1CCOC1. The van der Waals surface area contributed by atoms with Gasteiger partial charge >= 0.3 is 5.69 Å². The van der Waals surface area contributed by atoms with E-state index < -0.39 is 17.2 Å². The lowest BCUT2D eigenvalue weighted by Crippen LogP contribution is -2.37. The quantitative estimate of drug-likeness (QED) is 0.290. The monoisotopic (exact) mass is 572 g/mol. The van der Waals surface area contributed by atoms with Crippen LogP contribution in [0.25, 0.3) is 22.3 Å². The van der Waals surface area contributed by atoms with Crippen LogP contribution in [0.4, 0.5) is 10.1 Å². The first kappa shape index (κ1) is 29.0. The Kier molecular flexibility index (Phi) is 8.37. The minimum absolute atomic E-state index is 0.175. The Balaban J connectivity index is 1.46. The van der Waals surface area contributed by atoms with Crippen LogP contribution in [0.1, 0.15) is 33.5 Å².